The summed E-state index contributed by atoms with van der Waals surface area (Å²) in [4.78, 5) is 0. The molecule has 0 saturated carbocycles. The number of hydrogen-bond acceptors (Lipinski definition) is 1. The van der Waals surface area contributed by atoms with Crippen molar-refractivity contribution in [3.05, 3.63) is 70.3 Å². The van der Waals surface area contributed by atoms with Gasteiger partial charge in [0, 0.05) is 0 Å². The first-order chi connectivity index (χ1) is 8.09. The van der Waals surface area contributed by atoms with Crippen molar-refractivity contribution >= 4 is 0 Å². The summed E-state index contributed by atoms with van der Waals surface area (Å²) in [6, 6.07) is 14.1. The quantitative estimate of drug-likeness (QED) is 0.828. The minimum Gasteiger partial charge on any atom is -0.384 e. The molecule has 0 aliphatic rings. The van der Waals surface area contributed by atoms with Crippen LogP contribution in [-0.4, -0.2) is 5.11 Å². The molecule has 0 bridgehead atoms. The summed E-state index contributed by atoms with van der Waals surface area (Å²) in [5.74, 6) is 0. The molecular formula is C16H18O. The lowest BCUT2D eigenvalue weighted by atomic mass is 9.95. The first-order valence-corrected chi connectivity index (χ1v) is 5.90. The molecule has 17 heavy (non-hydrogen) atoms. The lowest BCUT2D eigenvalue weighted by Crippen LogP contribution is -2.02. The Balaban J connectivity index is 2.40. The molecule has 0 aliphatic heterocycles. The molecule has 2 aromatic carbocycles. The van der Waals surface area contributed by atoms with Crippen molar-refractivity contribution in [1.29, 1.82) is 0 Å². The molecule has 0 radical (unpaired) electrons. The van der Waals surface area contributed by atoms with Gasteiger partial charge in [0.25, 0.3) is 0 Å². The van der Waals surface area contributed by atoms with Gasteiger partial charge in [-0.2, -0.15) is 0 Å². The second kappa shape index (κ2) is 4.72. The Morgan fingerprint density at radius 2 is 1.53 bits per heavy atom. The maximum Gasteiger partial charge on any atom is 0.104 e. The lowest BCUT2D eigenvalue weighted by Gasteiger charge is -2.15. The van der Waals surface area contributed by atoms with Gasteiger partial charge in [-0.1, -0.05) is 42.5 Å². The van der Waals surface area contributed by atoms with Gasteiger partial charge in [0.2, 0.25) is 0 Å². The van der Waals surface area contributed by atoms with Gasteiger partial charge < -0.3 is 5.11 Å². The molecule has 1 atom stereocenters. The van der Waals surface area contributed by atoms with Gasteiger partial charge in [-0.3, -0.25) is 0 Å². The number of hydrogen-bond donors (Lipinski definition) is 1. The van der Waals surface area contributed by atoms with Crippen LogP contribution in [0, 0.1) is 20.8 Å². The van der Waals surface area contributed by atoms with Crippen molar-refractivity contribution < 1.29 is 5.11 Å². The van der Waals surface area contributed by atoms with E-state index in [0.29, 0.717) is 0 Å². The molecule has 1 unspecified atom stereocenters. The van der Waals surface area contributed by atoms with Crippen LogP contribution in [0.1, 0.15) is 33.9 Å². The molecule has 0 aliphatic carbocycles. The van der Waals surface area contributed by atoms with E-state index >= 15 is 0 Å². The van der Waals surface area contributed by atoms with Crippen molar-refractivity contribution in [3.8, 4) is 0 Å². The topological polar surface area (TPSA) is 20.2 Å². The van der Waals surface area contributed by atoms with E-state index in [9.17, 15) is 5.11 Å². The predicted octanol–water partition coefficient (Wildman–Crippen LogP) is 3.69. The largest absolute Gasteiger partial charge is 0.384 e. The fourth-order valence-corrected chi connectivity index (χ4v) is 2.01. The van der Waals surface area contributed by atoms with Crippen LogP contribution in [0.4, 0.5) is 0 Å². The third kappa shape index (κ3) is 2.40. The highest BCUT2D eigenvalue weighted by molar-refractivity contribution is 5.38. The van der Waals surface area contributed by atoms with E-state index in [1.165, 1.54) is 11.1 Å². The zero-order valence-electron chi connectivity index (χ0n) is 10.6. The fraction of sp³-hybridized carbons (Fsp3) is 0.250. The Hall–Kier alpha value is -1.60. The average Bonchev–Trinajstić information content (AvgIpc) is 2.32. The number of aryl methyl sites for hydroxylation is 3. The molecule has 2 aromatic rings. The molecular weight excluding hydrogens is 208 g/mol. The van der Waals surface area contributed by atoms with Crippen molar-refractivity contribution in [1.82, 2.24) is 0 Å². The Labute approximate surface area is 103 Å². The van der Waals surface area contributed by atoms with Crippen molar-refractivity contribution in [3.63, 3.8) is 0 Å². The zero-order valence-corrected chi connectivity index (χ0v) is 10.6. The van der Waals surface area contributed by atoms with E-state index in [1.807, 2.05) is 37.3 Å². The summed E-state index contributed by atoms with van der Waals surface area (Å²) in [5.41, 5.74) is 5.54. The molecule has 0 fully saturated rings. The van der Waals surface area contributed by atoms with Crippen LogP contribution in [0.2, 0.25) is 0 Å². The highest BCUT2D eigenvalue weighted by Gasteiger charge is 2.12. The second-order valence-electron chi connectivity index (χ2n) is 4.60. The minimum absolute atomic E-state index is 0.532. The Morgan fingerprint density at radius 1 is 0.824 bits per heavy atom. The first-order valence-electron chi connectivity index (χ1n) is 5.90. The predicted molar refractivity (Wildman–Crippen MR) is 71.2 cm³/mol. The molecule has 0 amide bonds. The summed E-state index contributed by atoms with van der Waals surface area (Å²) >= 11 is 0. The third-order valence-corrected chi connectivity index (χ3v) is 3.33. The van der Waals surface area contributed by atoms with E-state index in [-0.39, 0.29) is 0 Å². The Bertz CT molecular complexity index is 529. The van der Waals surface area contributed by atoms with Crippen molar-refractivity contribution in [2.75, 3.05) is 0 Å². The number of benzene rings is 2. The normalized spacial score (nSPS) is 12.5. The summed E-state index contributed by atoms with van der Waals surface area (Å²) in [6.07, 6.45) is -0.532. The van der Waals surface area contributed by atoms with E-state index in [2.05, 4.69) is 26.0 Å². The van der Waals surface area contributed by atoms with Gasteiger partial charge in [0.1, 0.15) is 6.10 Å². The van der Waals surface area contributed by atoms with Crippen LogP contribution in [0.25, 0.3) is 0 Å². The van der Waals surface area contributed by atoms with Crippen molar-refractivity contribution in [2.24, 2.45) is 0 Å². The van der Waals surface area contributed by atoms with Gasteiger partial charge in [-0.05, 0) is 48.6 Å². The van der Waals surface area contributed by atoms with Gasteiger partial charge in [0.05, 0.1) is 0 Å². The van der Waals surface area contributed by atoms with Crippen LogP contribution < -0.4 is 0 Å². The average molecular weight is 226 g/mol. The molecule has 1 heteroatoms. The van der Waals surface area contributed by atoms with Gasteiger partial charge in [-0.25, -0.2) is 0 Å². The molecule has 0 spiro atoms. The summed E-state index contributed by atoms with van der Waals surface area (Å²) < 4.78 is 0. The maximum absolute atomic E-state index is 10.4. The molecule has 0 heterocycles. The number of rotatable bonds is 2. The maximum atomic E-state index is 10.4. The standard InChI is InChI=1S/C16H18O/c1-11-8-9-14(10-13(11)3)16(17)15-7-5-4-6-12(15)2/h4-10,16-17H,1-3H3. The first kappa shape index (κ1) is 11.9. The molecule has 2 rings (SSSR count). The lowest BCUT2D eigenvalue weighted by molar-refractivity contribution is 0.219. The Morgan fingerprint density at radius 3 is 2.18 bits per heavy atom. The minimum atomic E-state index is -0.532. The summed E-state index contributed by atoms with van der Waals surface area (Å²) in [5, 5.41) is 10.4. The smallest absolute Gasteiger partial charge is 0.104 e. The molecule has 0 aromatic heterocycles. The molecule has 0 saturated heterocycles. The molecule has 88 valence electrons. The third-order valence-electron chi connectivity index (χ3n) is 3.33. The highest BCUT2D eigenvalue weighted by Crippen LogP contribution is 2.25. The van der Waals surface area contributed by atoms with E-state index in [1.54, 1.807) is 0 Å². The molecule has 1 nitrogen and oxygen atoms in total. The highest BCUT2D eigenvalue weighted by atomic mass is 16.3. The van der Waals surface area contributed by atoms with Crippen molar-refractivity contribution in [2.45, 2.75) is 26.9 Å². The zero-order chi connectivity index (χ0) is 12.4. The van der Waals surface area contributed by atoms with Crippen LogP contribution in [0.15, 0.2) is 42.5 Å². The number of aliphatic hydroxyl groups excluding tert-OH is 1. The summed E-state index contributed by atoms with van der Waals surface area (Å²) in [7, 11) is 0. The monoisotopic (exact) mass is 226 g/mol. The summed E-state index contributed by atoms with van der Waals surface area (Å²) in [6.45, 7) is 6.18. The molecule has 1 N–H and O–H groups in total. The SMILES string of the molecule is Cc1ccc(C(O)c2ccccc2C)cc1C. The van der Waals surface area contributed by atoms with E-state index in [0.717, 1.165) is 16.7 Å². The van der Waals surface area contributed by atoms with Gasteiger partial charge in [-0.15, -0.1) is 0 Å². The van der Waals surface area contributed by atoms with Crippen LogP contribution in [0.3, 0.4) is 0 Å². The van der Waals surface area contributed by atoms with Crippen LogP contribution in [0.5, 0.6) is 0 Å². The van der Waals surface area contributed by atoms with Gasteiger partial charge >= 0.3 is 0 Å². The van der Waals surface area contributed by atoms with E-state index in [4.69, 9.17) is 0 Å². The van der Waals surface area contributed by atoms with Crippen LogP contribution in [-0.2, 0) is 0 Å². The number of aliphatic hydroxyl groups is 1. The van der Waals surface area contributed by atoms with E-state index < -0.39 is 6.10 Å². The second-order valence-corrected chi connectivity index (χ2v) is 4.60. The fourth-order valence-electron chi connectivity index (χ4n) is 2.01. The Kier molecular flexibility index (Phi) is 3.30. The van der Waals surface area contributed by atoms with Crippen LogP contribution >= 0.6 is 0 Å². The van der Waals surface area contributed by atoms with Gasteiger partial charge in [0.15, 0.2) is 0 Å².